The molecule has 4 aromatic carbocycles. The van der Waals surface area contributed by atoms with Crippen LogP contribution in [-0.2, 0) is 5.41 Å². The first-order valence-corrected chi connectivity index (χ1v) is 15.0. The van der Waals surface area contributed by atoms with E-state index in [1.165, 1.54) is 22.3 Å². The van der Waals surface area contributed by atoms with Crippen molar-refractivity contribution in [3.63, 3.8) is 0 Å². The highest BCUT2D eigenvalue weighted by molar-refractivity contribution is 6.14. The van der Waals surface area contributed by atoms with Crippen molar-refractivity contribution >= 4 is 44.0 Å². The summed E-state index contributed by atoms with van der Waals surface area (Å²) in [6, 6.07) is 31.5. The summed E-state index contributed by atoms with van der Waals surface area (Å²) in [7, 11) is 0. The van der Waals surface area contributed by atoms with Crippen LogP contribution in [0.1, 0.15) is 38.8 Å². The zero-order chi connectivity index (χ0) is 29.8. The van der Waals surface area contributed by atoms with Gasteiger partial charge in [-0.1, -0.05) is 94.4 Å². The Bertz CT molecular complexity index is 2450. The lowest BCUT2D eigenvalue weighted by Gasteiger charge is -2.40. The van der Waals surface area contributed by atoms with Gasteiger partial charge in [-0.15, -0.1) is 0 Å². The Hall–Kier alpha value is -5.29. The molecule has 1 unspecified atom stereocenters. The van der Waals surface area contributed by atoms with E-state index in [0.717, 1.165) is 49.7 Å². The van der Waals surface area contributed by atoms with Crippen LogP contribution < -0.4 is 0 Å². The molecule has 4 heterocycles. The maximum atomic E-state index is 6.57. The number of pyridine rings is 1. The minimum Gasteiger partial charge on any atom is -0.454 e. The maximum absolute atomic E-state index is 6.57. The molecule has 8 aromatic rings. The van der Waals surface area contributed by atoms with E-state index in [-0.39, 0.29) is 10.8 Å². The van der Waals surface area contributed by atoms with Crippen LogP contribution in [0.4, 0.5) is 0 Å². The molecule has 4 aromatic heterocycles. The summed E-state index contributed by atoms with van der Waals surface area (Å²) in [5.74, 6) is 0.587. The number of hydrogen-bond acceptors (Lipinski definition) is 5. The van der Waals surface area contributed by atoms with Gasteiger partial charge in [0.05, 0.1) is 6.20 Å². The second kappa shape index (κ2) is 8.64. The van der Waals surface area contributed by atoms with E-state index in [0.29, 0.717) is 17.0 Å². The van der Waals surface area contributed by atoms with Gasteiger partial charge in [0, 0.05) is 38.9 Å². The zero-order valence-electron chi connectivity index (χ0n) is 25.0. The first kappa shape index (κ1) is 25.2. The zero-order valence-corrected chi connectivity index (χ0v) is 25.0. The maximum Gasteiger partial charge on any atom is 0.180 e. The minimum atomic E-state index is -0.172. The lowest BCUT2D eigenvalue weighted by molar-refractivity contribution is 0.255. The monoisotopic (exact) mass is 571 g/mol. The number of fused-ring (bicyclic) bond motifs is 9. The summed E-state index contributed by atoms with van der Waals surface area (Å²) in [4.78, 5) is 14.9. The van der Waals surface area contributed by atoms with Crippen molar-refractivity contribution in [2.45, 2.75) is 33.1 Å². The molecule has 0 saturated heterocycles. The van der Waals surface area contributed by atoms with Crippen molar-refractivity contribution in [1.82, 2.24) is 15.0 Å². The lowest BCUT2D eigenvalue weighted by Crippen LogP contribution is -2.36. The van der Waals surface area contributed by atoms with E-state index < -0.39 is 0 Å². The predicted molar refractivity (Wildman–Crippen MR) is 177 cm³/mol. The van der Waals surface area contributed by atoms with E-state index >= 15 is 0 Å². The average molecular weight is 572 g/mol. The van der Waals surface area contributed by atoms with Crippen molar-refractivity contribution in [3.8, 4) is 33.8 Å². The highest BCUT2D eigenvalue weighted by atomic mass is 16.3. The Morgan fingerprint density at radius 3 is 2.25 bits per heavy atom. The Morgan fingerprint density at radius 2 is 1.41 bits per heavy atom. The molecule has 0 amide bonds. The van der Waals surface area contributed by atoms with Crippen LogP contribution in [0.15, 0.2) is 112 Å². The number of para-hydroxylation sites is 1. The van der Waals surface area contributed by atoms with Gasteiger partial charge in [-0.25, -0.2) is 9.97 Å². The van der Waals surface area contributed by atoms with Crippen LogP contribution in [0.2, 0.25) is 0 Å². The molecular weight excluding hydrogens is 542 g/mol. The molecular formula is C39H29N3O2. The van der Waals surface area contributed by atoms with Gasteiger partial charge in [0.15, 0.2) is 17.0 Å². The summed E-state index contributed by atoms with van der Waals surface area (Å²) in [5.41, 5.74) is 11.3. The predicted octanol–water partition coefficient (Wildman–Crippen LogP) is 10.3. The first-order chi connectivity index (χ1) is 21.3. The Morgan fingerprint density at radius 1 is 0.636 bits per heavy atom. The third-order valence-corrected chi connectivity index (χ3v) is 9.82. The quantitative estimate of drug-likeness (QED) is 0.206. The molecule has 0 bridgehead atoms. The van der Waals surface area contributed by atoms with Crippen molar-refractivity contribution < 1.29 is 8.83 Å². The largest absolute Gasteiger partial charge is 0.454 e. The molecule has 1 aliphatic rings. The summed E-state index contributed by atoms with van der Waals surface area (Å²) in [5, 5.41) is 2.95. The number of benzene rings is 4. The van der Waals surface area contributed by atoms with Crippen molar-refractivity contribution in [2.24, 2.45) is 5.41 Å². The smallest absolute Gasteiger partial charge is 0.180 e. The molecule has 0 saturated carbocycles. The van der Waals surface area contributed by atoms with Crippen LogP contribution in [0.5, 0.6) is 0 Å². The van der Waals surface area contributed by atoms with Crippen LogP contribution in [-0.4, -0.2) is 15.0 Å². The molecule has 0 radical (unpaired) electrons. The summed E-state index contributed by atoms with van der Waals surface area (Å²) in [6.07, 6.45) is 3.65. The molecule has 0 aliphatic heterocycles. The van der Waals surface area contributed by atoms with Gasteiger partial charge in [0.25, 0.3) is 0 Å². The molecule has 1 atom stereocenters. The van der Waals surface area contributed by atoms with Gasteiger partial charge in [-0.2, -0.15) is 0 Å². The Kier molecular flexibility index (Phi) is 4.95. The number of rotatable bonds is 2. The molecule has 44 heavy (non-hydrogen) atoms. The topological polar surface area (TPSA) is 65.0 Å². The molecule has 9 rings (SSSR count). The SMILES string of the molecule is CC(C)(C)C1(C)c2ccccc2-c2cc3c(cc21)oc1cncc(-c2nc(-c4ccccc4)c4oc5ccccc5c4n2)c13. The summed E-state index contributed by atoms with van der Waals surface area (Å²) >= 11 is 0. The fourth-order valence-electron chi connectivity index (χ4n) is 7.19. The van der Waals surface area contributed by atoms with Gasteiger partial charge in [0.1, 0.15) is 22.4 Å². The fourth-order valence-corrected chi connectivity index (χ4v) is 7.19. The van der Waals surface area contributed by atoms with Crippen molar-refractivity contribution in [3.05, 3.63) is 115 Å². The Labute approximate surface area is 254 Å². The van der Waals surface area contributed by atoms with Gasteiger partial charge >= 0.3 is 0 Å². The number of nitrogens with zero attached hydrogens (tertiary/aromatic N) is 3. The lowest BCUT2D eigenvalue weighted by atomic mass is 9.62. The molecule has 212 valence electrons. The van der Waals surface area contributed by atoms with Crippen molar-refractivity contribution in [2.75, 3.05) is 0 Å². The average Bonchev–Trinajstić information content (AvgIpc) is 3.68. The van der Waals surface area contributed by atoms with Crippen LogP contribution >= 0.6 is 0 Å². The second-order valence-corrected chi connectivity index (χ2v) is 13.0. The molecule has 0 N–H and O–H groups in total. The molecule has 0 spiro atoms. The summed E-state index contributed by atoms with van der Waals surface area (Å²) in [6.45, 7) is 9.33. The number of furan rings is 2. The highest BCUT2D eigenvalue weighted by Crippen LogP contribution is 2.58. The molecule has 0 fully saturated rings. The second-order valence-electron chi connectivity index (χ2n) is 13.0. The van der Waals surface area contributed by atoms with E-state index in [4.69, 9.17) is 18.8 Å². The fraction of sp³-hybridized carbons (Fsp3) is 0.154. The third kappa shape index (κ3) is 3.27. The van der Waals surface area contributed by atoms with E-state index in [9.17, 15) is 0 Å². The van der Waals surface area contributed by atoms with E-state index in [1.807, 2.05) is 48.7 Å². The highest BCUT2D eigenvalue weighted by Gasteiger charge is 2.47. The van der Waals surface area contributed by atoms with Crippen LogP contribution in [0.25, 0.3) is 77.8 Å². The minimum absolute atomic E-state index is 0.00871. The first-order valence-electron chi connectivity index (χ1n) is 15.0. The number of hydrogen-bond donors (Lipinski definition) is 0. The number of aromatic nitrogens is 3. The summed E-state index contributed by atoms with van der Waals surface area (Å²) < 4.78 is 12.9. The van der Waals surface area contributed by atoms with E-state index in [2.05, 4.69) is 81.2 Å². The molecule has 5 nitrogen and oxygen atoms in total. The third-order valence-electron chi connectivity index (χ3n) is 9.82. The van der Waals surface area contributed by atoms with Gasteiger partial charge in [-0.3, -0.25) is 4.98 Å². The molecule has 5 heteroatoms. The van der Waals surface area contributed by atoms with E-state index in [1.54, 1.807) is 6.20 Å². The van der Waals surface area contributed by atoms with Crippen LogP contribution in [0, 0.1) is 5.41 Å². The van der Waals surface area contributed by atoms with Gasteiger partial charge in [-0.05, 0) is 51.9 Å². The van der Waals surface area contributed by atoms with Gasteiger partial charge in [0.2, 0.25) is 0 Å². The van der Waals surface area contributed by atoms with Crippen molar-refractivity contribution in [1.29, 1.82) is 0 Å². The Balaban J connectivity index is 1.36. The normalized spacial score (nSPS) is 16.3. The van der Waals surface area contributed by atoms with Crippen LogP contribution in [0.3, 0.4) is 0 Å². The standard InChI is InChI=1S/C39H29N3O2/c1-38(2,3)39(4)28-16-10-8-14-23(28)25-18-26-31(19-29(25)39)43-32-21-40-20-27(33(26)32)37-41-34(22-12-6-5-7-13-22)36-35(42-37)24-15-9-11-17-30(24)44-36/h5-21H,1-4H3. The van der Waals surface area contributed by atoms with Gasteiger partial charge < -0.3 is 8.83 Å². The molecule has 1 aliphatic carbocycles.